The molecule has 1 unspecified atom stereocenters. The van der Waals surface area contributed by atoms with Crippen molar-refractivity contribution in [2.24, 2.45) is 7.05 Å². The van der Waals surface area contributed by atoms with Gasteiger partial charge < -0.3 is 14.6 Å². The highest BCUT2D eigenvalue weighted by atomic mass is 16.5. The third-order valence-corrected chi connectivity index (χ3v) is 2.28. The maximum Gasteiger partial charge on any atom is 0.146 e. The molecule has 0 aromatic carbocycles. The first kappa shape index (κ1) is 8.65. The van der Waals surface area contributed by atoms with Crippen LogP contribution >= 0.6 is 0 Å². The molecule has 0 saturated carbocycles. The molecule has 1 aromatic heterocycles. The second kappa shape index (κ2) is 3.85. The molecular formula is C8H14N4O. The van der Waals surface area contributed by atoms with Crippen molar-refractivity contribution in [2.75, 3.05) is 13.2 Å². The second-order valence-corrected chi connectivity index (χ2v) is 3.30. The summed E-state index contributed by atoms with van der Waals surface area (Å²) in [5, 5.41) is 11.2. The van der Waals surface area contributed by atoms with Crippen LogP contribution in [0, 0.1) is 0 Å². The zero-order valence-electron chi connectivity index (χ0n) is 7.73. The third kappa shape index (κ3) is 2.05. The molecule has 0 radical (unpaired) electrons. The predicted molar refractivity (Wildman–Crippen MR) is 47.1 cm³/mol. The Bertz CT molecular complexity index is 267. The van der Waals surface area contributed by atoms with Gasteiger partial charge in [0.05, 0.1) is 13.2 Å². The van der Waals surface area contributed by atoms with E-state index in [4.69, 9.17) is 4.74 Å². The van der Waals surface area contributed by atoms with Gasteiger partial charge in [-0.3, -0.25) is 0 Å². The zero-order chi connectivity index (χ0) is 9.10. The molecule has 0 amide bonds. The monoisotopic (exact) mass is 182 g/mol. The molecule has 0 bridgehead atoms. The summed E-state index contributed by atoms with van der Waals surface area (Å²) < 4.78 is 7.17. The van der Waals surface area contributed by atoms with E-state index in [0.717, 1.165) is 32.0 Å². The van der Waals surface area contributed by atoms with Gasteiger partial charge in [0.25, 0.3) is 0 Å². The van der Waals surface area contributed by atoms with Gasteiger partial charge in [-0.15, -0.1) is 10.2 Å². The average Bonchev–Trinajstić information content (AvgIpc) is 2.72. The van der Waals surface area contributed by atoms with E-state index in [9.17, 15) is 0 Å². The first-order valence-corrected chi connectivity index (χ1v) is 4.50. The van der Waals surface area contributed by atoms with Gasteiger partial charge in [-0.05, 0) is 6.42 Å². The van der Waals surface area contributed by atoms with E-state index in [1.807, 2.05) is 11.6 Å². The van der Waals surface area contributed by atoms with Crippen LogP contribution < -0.4 is 5.32 Å². The summed E-state index contributed by atoms with van der Waals surface area (Å²) in [5.74, 6) is 0.965. The number of nitrogens with one attached hydrogen (secondary N) is 1. The zero-order valence-corrected chi connectivity index (χ0v) is 7.73. The Kier molecular flexibility index (Phi) is 2.56. The number of aryl methyl sites for hydroxylation is 1. The topological polar surface area (TPSA) is 52.0 Å². The molecule has 0 aliphatic carbocycles. The lowest BCUT2D eigenvalue weighted by atomic mass is 10.2. The summed E-state index contributed by atoms with van der Waals surface area (Å²) >= 11 is 0. The molecule has 1 N–H and O–H groups in total. The van der Waals surface area contributed by atoms with Crippen molar-refractivity contribution < 1.29 is 4.74 Å². The third-order valence-electron chi connectivity index (χ3n) is 2.28. The molecule has 1 saturated heterocycles. The first-order chi connectivity index (χ1) is 6.36. The number of nitrogens with zero attached hydrogens (tertiary/aromatic N) is 3. The molecule has 1 atom stereocenters. The Morgan fingerprint density at radius 1 is 1.77 bits per heavy atom. The van der Waals surface area contributed by atoms with Gasteiger partial charge in [0.1, 0.15) is 12.2 Å². The number of aromatic nitrogens is 3. The van der Waals surface area contributed by atoms with Crippen LogP contribution in [0.5, 0.6) is 0 Å². The standard InChI is InChI=1S/C8H14N4O/c1-12-6-10-11-8(12)4-9-7-2-3-13-5-7/h6-7,9H,2-5H2,1H3. The van der Waals surface area contributed by atoms with Crippen molar-refractivity contribution in [2.45, 2.75) is 19.0 Å². The van der Waals surface area contributed by atoms with Gasteiger partial charge in [-0.2, -0.15) is 0 Å². The fraction of sp³-hybridized carbons (Fsp3) is 0.750. The van der Waals surface area contributed by atoms with Gasteiger partial charge in [0, 0.05) is 19.7 Å². The molecule has 2 rings (SSSR count). The van der Waals surface area contributed by atoms with Crippen LogP contribution in [-0.4, -0.2) is 34.0 Å². The molecule has 13 heavy (non-hydrogen) atoms. The van der Waals surface area contributed by atoms with E-state index < -0.39 is 0 Å². The van der Waals surface area contributed by atoms with E-state index in [-0.39, 0.29) is 0 Å². The van der Waals surface area contributed by atoms with Crippen molar-refractivity contribution in [3.63, 3.8) is 0 Å². The molecule has 1 aromatic rings. The van der Waals surface area contributed by atoms with E-state index in [0.29, 0.717) is 6.04 Å². The molecule has 5 nitrogen and oxygen atoms in total. The first-order valence-electron chi connectivity index (χ1n) is 4.50. The highest BCUT2D eigenvalue weighted by Crippen LogP contribution is 2.03. The van der Waals surface area contributed by atoms with Crippen molar-refractivity contribution in [1.82, 2.24) is 20.1 Å². The highest BCUT2D eigenvalue weighted by molar-refractivity contribution is 4.85. The summed E-state index contributed by atoms with van der Waals surface area (Å²) in [5.41, 5.74) is 0. The van der Waals surface area contributed by atoms with Crippen LogP contribution in [0.15, 0.2) is 6.33 Å². The van der Waals surface area contributed by atoms with Crippen molar-refractivity contribution in [1.29, 1.82) is 0 Å². The number of ether oxygens (including phenoxy) is 1. The molecule has 1 aliphatic heterocycles. The predicted octanol–water partition coefficient (Wildman–Crippen LogP) is -0.306. The van der Waals surface area contributed by atoms with E-state index >= 15 is 0 Å². The molecule has 72 valence electrons. The minimum Gasteiger partial charge on any atom is -0.380 e. The fourth-order valence-corrected chi connectivity index (χ4v) is 1.40. The van der Waals surface area contributed by atoms with Gasteiger partial charge >= 0.3 is 0 Å². The van der Waals surface area contributed by atoms with E-state index in [1.54, 1.807) is 6.33 Å². The van der Waals surface area contributed by atoms with Crippen LogP contribution in [-0.2, 0) is 18.3 Å². The maximum atomic E-state index is 5.25. The second-order valence-electron chi connectivity index (χ2n) is 3.30. The lowest BCUT2D eigenvalue weighted by Gasteiger charge is -2.08. The minimum absolute atomic E-state index is 0.483. The smallest absolute Gasteiger partial charge is 0.146 e. The Hall–Kier alpha value is -0.940. The van der Waals surface area contributed by atoms with Crippen LogP contribution in [0.2, 0.25) is 0 Å². The van der Waals surface area contributed by atoms with E-state index in [2.05, 4.69) is 15.5 Å². The quantitative estimate of drug-likeness (QED) is 0.697. The van der Waals surface area contributed by atoms with Crippen molar-refractivity contribution >= 4 is 0 Å². The summed E-state index contributed by atoms with van der Waals surface area (Å²) in [4.78, 5) is 0. The molecule has 1 fully saturated rings. The van der Waals surface area contributed by atoms with Crippen LogP contribution in [0.4, 0.5) is 0 Å². The van der Waals surface area contributed by atoms with Gasteiger partial charge in [-0.25, -0.2) is 0 Å². The average molecular weight is 182 g/mol. The normalized spacial score (nSPS) is 22.4. The Morgan fingerprint density at radius 2 is 2.69 bits per heavy atom. The molecule has 5 heteroatoms. The summed E-state index contributed by atoms with van der Waals surface area (Å²) in [6.45, 7) is 2.46. The van der Waals surface area contributed by atoms with Crippen molar-refractivity contribution in [3.8, 4) is 0 Å². The fourth-order valence-electron chi connectivity index (χ4n) is 1.40. The van der Waals surface area contributed by atoms with Gasteiger partial charge in [0.15, 0.2) is 0 Å². The molecule has 0 spiro atoms. The summed E-state index contributed by atoms with van der Waals surface area (Å²) in [7, 11) is 1.95. The number of hydrogen-bond acceptors (Lipinski definition) is 4. The SMILES string of the molecule is Cn1cnnc1CNC1CCOC1. The van der Waals surface area contributed by atoms with Crippen molar-refractivity contribution in [3.05, 3.63) is 12.2 Å². The molecule has 1 aliphatic rings. The van der Waals surface area contributed by atoms with Gasteiger partial charge in [-0.1, -0.05) is 0 Å². The lowest BCUT2D eigenvalue weighted by Crippen LogP contribution is -2.29. The highest BCUT2D eigenvalue weighted by Gasteiger charge is 2.15. The Morgan fingerprint density at radius 3 is 3.31 bits per heavy atom. The Balaban J connectivity index is 1.82. The summed E-state index contributed by atoms with van der Waals surface area (Å²) in [6.07, 6.45) is 2.81. The number of rotatable bonds is 3. The van der Waals surface area contributed by atoms with Gasteiger partial charge in [0.2, 0.25) is 0 Å². The largest absolute Gasteiger partial charge is 0.380 e. The van der Waals surface area contributed by atoms with Crippen LogP contribution in [0.3, 0.4) is 0 Å². The molecular weight excluding hydrogens is 168 g/mol. The lowest BCUT2D eigenvalue weighted by molar-refractivity contribution is 0.189. The minimum atomic E-state index is 0.483. The van der Waals surface area contributed by atoms with Crippen LogP contribution in [0.1, 0.15) is 12.2 Å². The maximum absolute atomic E-state index is 5.25. The molecule has 2 heterocycles. The van der Waals surface area contributed by atoms with Crippen LogP contribution in [0.25, 0.3) is 0 Å². The van der Waals surface area contributed by atoms with E-state index in [1.165, 1.54) is 0 Å². The number of hydrogen-bond donors (Lipinski definition) is 1. The Labute approximate surface area is 77.1 Å². The summed E-state index contributed by atoms with van der Waals surface area (Å²) in [6, 6.07) is 0.483.